The van der Waals surface area contributed by atoms with Crippen molar-refractivity contribution < 1.29 is 4.79 Å². The van der Waals surface area contributed by atoms with E-state index in [4.69, 9.17) is 0 Å². The zero-order chi connectivity index (χ0) is 11.8. The molecule has 0 fully saturated rings. The lowest BCUT2D eigenvalue weighted by atomic mass is 9.94. The summed E-state index contributed by atoms with van der Waals surface area (Å²) in [6.07, 6.45) is 7.95. The second-order valence-electron chi connectivity index (χ2n) is 4.42. The van der Waals surface area contributed by atoms with E-state index in [1.165, 1.54) is 6.42 Å². The maximum Gasteiger partial charge on any atom is 0.234 e. The lowest BCUT2D eigenvalue weighted by Crippen LogP contribution is -2.39. The quantitative estimate of drug-likeness (QED) is 0.698. The Bertz CT molecular complexity index is 234. The number of likely N-dealkylation sites (N-methyl/N-ethyl adjacent to an activating group) is 1. The van der Waals surface area contributed by atoms with Gasteiger partial charge in [-0.2, -0.15) is 0 Å². The van der Waals surface area contributed by atoms with E-state index in [-0.39, 0.29) is 5.91 Å². The first kappa shape index (κ1) is 13.2. The molecule has 0 aromatic heterocycles. The van der Waals surface area contributed by atoms with E-state index >= 15 is 0 Å². The number of allylic oxidation sites excluding steroid dienone is 2. The Balaban J connectivity index is 2.16. The molecule has 0 saturated heterocycles. The zero-order valence-electron chi connectivity index (χ0n) is 10.5. The van der Waals surface area contributed by atoms with Crippen molar-refractivity contribution in [1.82, 2.24) is 10.2 Å². The average molecular weight is 224 g/mol. The van der Waals surface area contributed by atoms with Crippen molar-refractivity contribution in [3.05, 3.63) is 12.2 Å². The van der Waals surface area contributed by atoms with Gasteiger partial charge in [-0.05, 0) is 38.3 Å². The molecule has 3 nitrogen and oxygen atoms in total. The molecule has 1 atom stereocenters. The van der Waals surface area contributed by atoms with Crippen molar-refractivity contribution in [2.75, 3.05) is 26.2 Å². The van der Waals surface area contributed by atoms with Crippen LogP contribution in [-0.4, -0.2) is 37.0 Å². The number of hydrogen-bond donors (Lipinski definition) is 1. The minimum Gasteiger partial charge on any atom is -0.355 e. The molecule has 1 aliphatic rings. The van der Waals surface area contributed by atoms with Crippen LogP contribution in [-0.2, 0) is 4.79 Å². The molecule has 1 aliphatic carbocycles. The van der Waals surface area contributed by atoms with Crippen LogP contribution in [0.1, 0.15) is 33.1 Å². The Hall–Kier alpha value is -0.830. The van der Waals surface area contributed by atoms with Crippen LogP contribution in [0.5, 0.6) is 0 Å². The Labute approximate surface area is 98.9 Å². The van der Waals surface area contributed by atoms with E-state index < -0.39 is 0 Å². The van der Waals surface area contributed by atoms with E-state index in [2.05, 4.69) is 36.2 Å². The van der Waals surface area contributed by atoms with Crippen LogP contribution in [0.4, 0.5) is 0 Å². The molecule has 0 heterocycles. The monoisotopic (exact) mass is 224 g/mol. The lowest BCUT2D eigenvalue weighted by molar-refractivity contribution is -0.122. The minimum atomic E-state index is 0.165. The van der Waals surface area contributed by atoms with Crippen LogP contribution < -0.4 is 5.32 Å². The van der Waals surface area contributed by atoms with Crippen molar-refractivity contribution in [1.29, 1.82) is 0 Å². The molecular formula is C13H24N2O. The molecule has 0 aromatic rings. The Morgan fingerprint density at radius 3 is 2.69 bits per heavy atom. The maximum absolute atomic E-state index is 11.6. The van der Waals surface area contributed by atoms with Gasteiger partial charge in [0.25, 0.3) is 0 Å². The highest BCUT2D eigenvalue weighted by Crippen LogP contribution is 2.16. The van der Waals surface area contributed by atoms with Crippen molar-refractivity contribution in [2.45, 2.75) is 33.1 Å². The molecule has 0 aromatic carbocycles. The van der Waals surface area contributed by atoms with E-state index in [0.717, 1.165) is 32.5 Å². The van der Waals surface area contributed by atoms with Gasteiger partial charge in [0.1, 0.15) is 0 Å². The van der Waals surface area contributed by atoms with Gasteiger partial charge in [0, 0.05) is 6.54 Å². The smallest absolute Gasteiger partial charge is 0.234 e. The third-order valence-electron chi connectivity index (χ3n) is 3.23. The number of rotatable bonds is 6. The topological polar surface area (TPSA) is 32.3 Å². The number of nitrogens with one attached hydrogen (secondary N) is 1. The summed E-state index contributed by atoms with van der Waals surface area (Å²) in [6, 6.07) is 0. The normalized spacial score (nSPS) is 20.1. The summed E-state index contributed by atoms with van der Waals surface area (Å²) in [5.41, 5.74) is 0. The number of carbonyl (C=O) groups excluding carboxylic acids is 1. The van der Waals surface area contributed by atoms with Crippen LogP contribution in [0.3, 0.4) is 0 Å². The van der Waals surface area contributed by atoms with Crippen LogP contribution in [0.2, 0.25) is 0 Å². The fourth-order valence-electron chi connectivity index (χ4n) is 2.01. The molecule has 0 aliphatic heterocycles. The third-order valence-corrected chi connectivity index (χ3v) is 3.23. The van der Waals surface area contributed by atoms with E-state index in [1.54, 1.807) is 0 Å². The van der Waals surface area contributed by atoms with Crippen LogP contribution in [0.25, 0.3) is 0 Å². The number of carbonyl (C=O) groups is 1. The second-order valence-corrected chi connectivity index (χ2v) is 4.42. The van der Waals surface area contributed by atoms with Gasteiger partial charge in [-0.3, -0.25) is 9.69 Å². The molecule has 1 unspecified atom stereocenters. The Kier molecular flexibility index (Phi) is 6.16. The predicted molar refractivity (Wildman–Crippen MR) is 67.3 cm³/mol. The van der Waals surface area contributed by atoms with E-state index in [0.29, 0.717) is 12.5 Å². The highest BCUT2D eigenvalue weighted by molar-refractivity contribution is 5.77. The molecule has 3 heteroatoms. The van der Waals surface area contributed by atoms with Crippen LogP contribution in [0.15, 0.2) is 12.2 Å². The van der Waals surface area contributed by atoms with Crippen molar-refractivity contribution in [3.8, 4) is 0 Å². The summed E-state index contributed by atoms with van der Waals surface area (Å²) < 4.78 is 0. The third kappa shape index (κ3) is 4.79. The number of amides is 1. The summed E-state index contributed by atoms with van der Waals surface area (Å²) in [7, 11) is 0. The first-order valence-corrected chi connectivity index (χ1v) is 6.40. The minimum absolute atomic E-state index is 0.165. The maximum atomic E-state index is 11.6. The van der Waals surface area contributed by atoms with Gasteiger partial charge in [-0.25, -0.2) is 0 Å². The van der Waals surface area contributed by atoms with Crippen LogP contribution in [0, 0.1) is 5.92 Å². The molecule has 1 amide bonds. The summed E-state index contributed by atoms with van der Waals surface area (Å²) >= 11 is 0. The van der Waals surface area contributed by atoms with Gasteiger partial charge in [-0.15, -0.1) is 0 Å². The Morgan fingerprint density at radius 1 is 1.38 bits per heavy atom. The first-order chi connectivity index (χ1) is 7.76. The molecule has 1 rings (SSSR count). The number of hydrogen-bond acceptors (Lipinski definition) is 2. The van der Waals surface area contributed by atoms with Gasteiger partial charge < -0.3 is 5.32 Å². The highest BCUT2D eigenvalue weighted by Gasteiger charge is 2.12. The summed E-state index contributed by atoms with van der Waals surface area (Å²) in [6.45, 7) is 7.43. The van der Waals surface area contributed by atoms with Crippen molar-refractivity contribution >= 4 is 5.91 Å². The van der Waals surface area contributed by atoms with Gasteiger partial charge >= 0.3 is 0 Å². The molecular weight excluding hydrogens is 200 g/mol. The largest absolute Gasteiger partial charge is 0.355 e. The average Bonchev–Trinajstić information content (AvgIpc) is 2.34. The fraction of sp³-hybridized carbons (Fsp3) is 0.769. The second kappa shape index (κ2) is 7.44. The number of nitrogens with zero attached hydrogens (tertiary/aromatic N) is 1. The molecule has 1 N–H and O–H groups in total. The molecule has 0 spiro atoms. The van der Waals surface area contributed by atoms with E-state index in [9.17, 15) is 4.79 Å². The van der Waals surface area contributed by atoms with Crippen molar-refractivity contribution in [3.63, 3.8) is 0 Å². The summed E-state index contributed by atoms with van der Waals surface area (Å²) in [4.78, 5) is 13.8. The first-order valence-electron chi connectivity index (χ1n) is 6.40. The lowest BCUT2D eigenvalue weighted by Gasteiger charge is -2.20. The molecule has 0 bridgehead atoms. The van der Waals surface area contributed by atoms with Gasteiger partial charge in [0.05, 0.1) is 6.54 Å². The van der Waals surface area contributed by atoms with E-state index in [1.807, 2.05) is 0 Å². The molecule has 0 saturated carbocycles. The molecule has 0 radical (unpaired) electrons. The van der Waals surface area contributed by atoms with Crippen LogP contribution >= 0.6 is 0 Å². The summed E-state index contributed by atoms with van der Waals surface area (Å²) in [5, 5.41) is 3.04. The SMILES string of the molecule is CCN(CC)CC(=O)NCC1CC=CCC1. The summed E-state index contributed by atoms with van der Waals surface area (Å²) in [5.74, 6) is 0.809. The zero-order valence-corrected chi connectivity index (χ0v) is 10.5. The van der Waals surface area contributed by atoms with Gasteiger partial charge in [0.15, 0.2) is 0 Å². The highest BCUT2D eigenvalue weighted by atomic mass is 16.2. The van der Waals surface area contributed by atoms with Gasteiger partial charge in [-0.1, -0.05) is 26.0 Å². The predicted octanol–water partition coefficient (Wildman–Crippen LogP) is 1.80. The standard InChI is InChI=1S/C13H24N2O/c1-3-15(4-2)11-13(16)14-10-12-8-6-5-7-9-12/h5-6,12H,3-4,7-11H2,1-2H3,(H,14,16). The van der Waals surface area contributed by atoms with Gasteiger partial charge in [0.2, 0.25) is 5.91 Å². The molecule has 92 valence electrons. The molecule has 16 heavy (non-hydrogen) atoms. The fourth-order valence-corrected chi connectivity index (χ4v) is 2.01. The Morgan fingerprint density at radius 2 is 2.12 bits per heavy atom. The van der Waals surface area contributed by atoms with Crippen molar-refractivity contribution in [2.24, 2.45) is 5.92 Å².